The van der Waals surface area contributed by atoms with Crippen LogP contribution in [0.15, 0.2) is 35.3 Å². The summed E-state index contributed by atoms with van der Waals surface area (Å²) in [6.07, 6.45) is 3.69. The van der Waals surface area contributed by atoms with E-state index in [0.717, 1.165) is 18.4 Å². The molecule has 0 fully saturated rings. The zero-order chi connectivity index (χ0) is 15.2. The van der Waals surface area contributed by atoms with Crippen LogP contribution in [0.1, 0.15) is 33.1 Å². The lowest BCUT2D eigenvalue weighted by Gasteiger charge is -2.13. The van der Waals surface area contributed by atoms with Gasteiger partial charge in [-0.2, -0.15) is 5.10 Å². The highest BCUT2D eigenvalue weighted by Crippen LogP contribution is 2.08. The molecule has 5 heteroatoms. The van der Waals surface area contributed by atoms with E-state index in [1.54, 1.807) is 10.7 Å². The van der Waals surface area contributed by atoms with Crippen LogP contribution in [0.2, 0.25) is 0 Å². The van der Waals surface area contributed by atoms with Gasteiger partial charge in [0.2, 0.25) is 11.3 Å². The van der Waals surface area contributed by atoms with Gasteiger partial charge in [-0.3, -0.25) is 14.3 Å². The number of carbonyl (C=O) groups excluding carboxylic acids is 1. The molecule has 0 unspecified atom stereocenters. The van der Waals surface area contributed by atoms with Gasteiger partial charge >= 0.3 is 0 Å². The highest BCUT2D eigenvalue weighted by molar-refractivity contribution is 5.79. The fourth-order valence-corrected chi connectivity index (χ4v) is 2.40. The van der Waals surface area contributed by atoms with Gasteiger partial charge in [-0.15, -0.1) is 0 Å². The van der Waals surface area contributed by atoms with Crippen molar-refractivity contribution in [2.75, 3.05) is 0 Å². The molecule has 1 heterocycles. The number of aromatic nitrogens is 2. The van der Waals surface area contributed by atoms with E-state index in [1.165, 1.54) is 6.20 Å². The largest absolute Gasteiger partial charge is 0.354 e. The van der Waals surface area contributed by atoms with Crippen LogP contribution in [0.3, 0.4) is 0 Å². The molecular formula is C16H21N3O2. The molecule has 2 aromatic rings. The first-order chi connectivity index (χ1) is 10.1. The number of para-hydroxylation sites is 1. The monoisotopic (exact) mass is 287 g/mol. The van der Waals surface area contributed by atoms with Crippen molar-refractivity contribution in [3.63, 3.8) is 0 Å². The van der Waals surface area contributed by atoms with Crippen LogP contribution in [-0.4, -0.2) is 21.7 Å². The van der Waals surface area contributed by atoms with Crippen LogP contribution < -0.4 is 10.7 Å². The molecule has 1 aromatic carbocycles. The molecule has 5 nitrogen and oxygen atoms in total. The van der Waals surface area contributed by atoms with E-state index in [4.69, 9.17) is 0 Å². The van der Waals surface area contributed by atoms with Crippen molar-refractivity contribution < 1.29 is 4.79 Å². The van der Waals surface area contributed by atoms with E-state index in [9.17, 15) is 9.59 Å². The predicted octanol–water partition coefficient (Wildman–Crippen LogP) is 2.09. The van der Waals surface area contributed by atoms with Crippen molar-refractivity contribution in [3.05, 3.63) is 40.7 Å². The van der Waals surface area contributed by atoms with Crippen molar-refractivity contribution >= 4 is 16.8 Å². The van der Waals surface area contributed by atoms with Crippen LogP contribution in [0.25, 0.3) is 10.9 Å². The Hall–Kier alpha value is -2.17. The molecule has 2 rings (SSSR count). The van der Waals surface area contributed by atoms with Crippen molar-refractivity contribution in [2.45, 2.75) is 45.7 Å². The molecule has 21 heavy (non-hydrogen) atoms. The number of rotatable bonds is 6. The van der Waals surface area contributed by atoms with Gasteiger partial charge in [-0.1, -0.05) is 25.5 Å². The first-order valence-corrected chi connectivity index (χ1v) is 7.36. The second-order valence-corrected chi connectivity index (χ2v) is 5.26. The third-order valence-electron chi connectivity index (χ3n) is 3.44. The Labute approximate surface area is 124 Å². The van der Waals surface area contributed by atoms with Gasteiger partial charge in [0.15, 0.2) is 0 Å². The molecule has 1 aromatic heterocycles. The third kappa shape index (κ3) is 3.90. The summed E-state index contributed by atoms with van der Waals surface area (Å²) >= 11 is 0. The van der Waals surface area contributed by atoms with Crippen LogP contribution in [0.4, 0.5) is 0 Å². The summed E-state index contributed by atoms with van der Waals surface area (Å²) in [7, 11) is 0. The topological polar surface area (TPSA) is 64.0 Å². The molecule has 0 aliphatic rings. The Morgan fingerprint density at radius 1 is 1.38 bits per heavy atom. The minimum atomic E-state index is -0.0946. The summed E-state index contributed by atoms with van der Waals surface area (Å²) in [5.74, 6) is 0.0144. The maximum Gasteiger partial charge on any atom is 0.222 e. The molecule has 0 spiro atoms. The second-order valence-electron chi connectivity index (χ2n) is 5.26. The highest BCUT2D eigenvalue weighted by atomic mass is 16.1. The molecule has 112 valence electrons. The molecule has 0 radical (unpaired) electrons. The Kier molecular flexibility index (Phi) is 5.09. The summed E-state index contributed by atoms with van der Waals surface area (Å²) in [5.41, 5.74) is 0.669. The molecule has 1 N–H and O–H groups in total. The second kappa shape index (κ2) is 7.02. The normalized spacial score (nSPS) is 12.3. The van der Waals surface area contributed by atoms with E-state index >= 15 is 0 Å². The molecule has 0 saturated heterocycles. The van der Waals surface area contributed by atoms with Crippen LogP contribution in [0.5, 0.6) is 0 Å². The number of fused-ring (bicyclic) bond motifs is 1. The minimum Gasteiger partial charge on any atom is -0.354 e. The van der Waals surface area contributed by atoms with Gasteiger partial charge in [0.1, 0.15) is 0 Å². The standard InChI is InChI=1S/C16H21N3O2/c1-3-6-12(2)18-16(21)9-10-19-14-8-5-4-7-13(14)15(20)11-17-19/h4-5,7-8,11-12H,3,6,9-10H2,1-2H3,(H,18,21)/t12-/m1/s1. The van der Waals surface area contributed by atoms with Gasteiger partial charge in [-0.25, -0.2) is 0 Å². The highest BCUT2D eigenvalue weighted by Gasteiger charge is 2.08. The van der Waals surface area contributed by atoms with Crippen LogP contribution >= 0.6 is 0 Å². The van der Waals surface area contributed by atoms with Crippen molar-refractivity contribution in [1.29, 1.82) is 0 Å². The number of benzene rings is 1. The van der Waals surface area contributed by atoms with Gasteiger partial charge < -0.3 is 5.32 Å². The summed E-state index contributed by atoms with van der Waals surface area (Å²) in [6.45, 7) is 4.57. The van der Waals surface area contributed by atoms with E-state index < -0.39 is 0 Å². The molecule has 0 saturated carbocycles. The summed E-state index contributed by atoms with van der Waals surface area (Å²) in [5, 5.41) is 7.72. The number of nitrogens with one attached hydrogen (secondary N) is 1. The van der Waals surface area contributed by atoms with Gasteiger partial charge in [0, 0.05) is 17.8 Å². The average molecular weight is 287 g/mol. The van der Waals surface area contributed by atoms with E-state index in [-0.39, 0.29) is 17.4 Å². The van der Waals surface area contributed by atoms with Gasteiger partial charge in [0.05, 0.1) is 18.3 Å². The van der Waals surface area contributed by atoms with Gasteiger partial charge in [-0.05, 0) is 25.5 Å². The molecule has 0 bridgehead atoms. The zero-order valence-corrected chi connectivity index (χ0v) is 12.5. The number of carbonyl (C=O) groups is 1. The molecule has 0 aliphatic carbocycles. The molecule has 1 atom stereocenters. The number of nitrogens with zero attached hydrogens (tertiary/aromatic N) is 2. The third-order valence-corrected chi connectivity index (χ3v) is 3.44. The maximum atomic E-state index is 11.9. The lowest BCUT2D eigenvalue weighted by molar-refractivity contribution is -0.122. The SMILES string of the molecule is CCC[C@@H](C)NC(=O)CCn1ncc(=O)c2ccccc21. The lowest BCUT2D eigenvalue weighted by atomic mass is 10.2. The lowest BCUT2D eigenvalue weighted by Crippen LogP contribution is -2.33. The number of amides is 1. The predicted molar refractivity (Wildman–Crippen MR) is 83.1 cm³/mol. The fraction of sp³-hybridized carbons (Fsp3) is 0.438. The van der Waals surface area contributed by atoms with E-state index in [0.29, 0.717) is 18.4 Å². The van der Waals surface area contributed by atoms with E-state index in [1.807, 2.05) is 25.1 Å². The Balaban J connectivity index is 2.06. The quantitative estimate of drug-likeness (QED) is 0.885. The zero-order valence-electron chi connectivity index (χ0n) is 12.5. The minimum absolute atomic E-state index is 0.0144. The van der Waals surface area contributed by atoms with Crippen molar-refractivity contribution in [1.82, 2.24) is 15.1 Å². The first kappa shape index (κ1) is 15.2. The Morgan fingerprint density at radius 3 is 2.90 bits per heavy atom. The molecular weight excluding hydrogens is 266 g/mol. The van der Waals surface area contributed by atoms with Crippen molar-refractivity contribution in [3.8, 4) is 0 Å². The smallest absolute Gasteiger partial charge is 0.222 e. The average Bonchev–Trinajstić information content (AvgIpc) is 2.47. The Morgan fingerprint density at radius 2 is 2.14 bits per heavy atom. The maximum absolute atomic E-state index is 11.9. The number of hydrogen-bond acceptors (Lipinski definition) is 3. The Bertz CT molecular complexity index is 679. The molecule has 0 aliphatic heterocycles. The molecule has 1 amide bonds. The first-order valence-electron chi connectivity index (χ1n) is 7.36. The summed E-state index contributed by atoms with van der Waals surface area (Å²) in [6, 6.07) is 7.51. The van der Waals surface area contributed by atoms with Gasteiger partial charge in [0.25, 0.3) is 0 Å². The summed E-state index contributed by atoms with van der Waals surface area (Å²) in [4.78, 5) is 23.6. The van der Waals surface area contributed by atoms with Crippen LogP contribution in [0, 0.1) is 0 Å². The number of aryl methyl sites for hydroxylation is 1. The summed E-state index contributed by atoms with van der Waals surface area (Å²) < 4.78 is 1.71. The fourth-order valence-electron chi connectivity index (χ4n) is 2.40. The van der Waals surface area contributed by atoms with E-state index in [2.05, 4.69) is 17.3 Å². The number of hydrogen-bond donors (Lipinski definition) is 1. The van der Waals surface area contributed by atoms with Crippen molar-refractivity contribution in [2.24, 2.45) is 0 Å². The van der Waals surface area contributed by atoms with Crippen LogP contribution in [-0.2, 0) is 11.3 Å².